The summed E-state index contributed by atoms with van der Waals surface area (Å²) in [7, 11) is 0. The number of hydrogen-bond donors (Lipinski definition) is 1. The van der Waals surface area contributed by atoms with Crippen LogP contribution in [0.15, 0.2) is 0 Å². The minimum absolute atomic E-state index is 0.0689. The Labute approximate surface area is 103 Å². The molecule has 3 fully saturated rings. The first-order valence-electron chi connectivity index (χ1n) is 6.82. The van der Waals surface area contributed by atoms with Crippen molar-refractivity contribution in [3.63, 3.8) is 0 Å². The van der Waals surface area contributed by atoms with Gasteiger partial charge < -0.3 is 14.6 Å². The molecule has 0 amide bonds. The topological polar surface area (TPSA) is 42.0 Å². The Bertz CT molecular complexity index is 335. The molecular weight excluding hydrogens is 216 g/mol. The van der Waals surface area contributed by atoms with Crippen LogP contribution in [0, 0.1) is 5.41 Å². The van der Waals surface area contributed by atoms with Gasteiger partial charge in [-0.2, -0.15) is 0 Å². The van der Waals surface area contributed by atoms with Gasteiger partial charge in [0.1, 0.15) is 11.7 Å². The summed E-state index contributed by atoms with van der Waals surface area (Å²) in [4.78, 5) is 0. The van der Waals surface area contributed by atoms with Crippen molar-refractivity contribution >= 4 is 0 Å². The monoisotopic (exact) mass is 240 g/mol. The zero-order chi connectivity index (χ0) is 12.5. The van der Waals surface area contributed by atoms with Crippen molar-refractivity contribution in [3.05, 3.63) is 0 Å². The summed E-state index contributed by atoms with van der Waals surface area (Å²) >= 11 is 0. The molecule has 1 N–H and O–H groups in total. The molecule has 0 aromatic rings. The van der Waals surface area contributed by atoms with Crippen LogP contribution in [-0.2, 0) is 9.47 Å². The minimum atomic E-state index is -0.253. The molecule has 0 aromatic carbocycles. The maximum atomic E-state index is 9.93. The second-order valence-corrected chi connectivity index (χ2v) is 7.21. The van der Waals surface area contributed by atoms with Crippen molar-refractivity contribution in [1.82, 2.24) is 0 Å². The van der Waals surface area contributed by atoms with Crippen LogP contribution < -0.4 is 0 Å². The first kappa shape index (κ1) is 11.9. The third kappa shape index (κ3) is 1.52. The SMILES string of the molecule is CC(C)(C)O[C@H]1CC[C@]23O[C@H]2[C@H](O)CC[C@]13C. The molecule has 1 aliphatic heterocycles. The Balaban J connectivity index is 1.83. The van der Waals surface area contributed by atoms with Gasteiger partial charge in [-0.25, -0.2) is 0 Å². The van der Waals surface area contributed by atoms with Crippen LogP contribution in [0.4, 0.5) is 0 Å². The van der Waals surface area contributed by atoms with Crippen LogP contribution in [0.2, 0.25) is 0 Å². The Morgan fingerprint density at radius 3 is 2.59 bits per heavy atom. The van der Waals surface area contributed by atoms with Gasteiger partial charge in [0.25, 0.3) is 0 Å². The average Bonchev–Trinajstić information content (AvgIpc) is 2.89. The van der Waals surface area contributed by atoms with Gasteiger partial charge in [0.15, 0.2) is 0 Å². The molecule has 2 saturated carbocycles. The van der Waals surface area contributed by atoms with E-state index < -0.39 is 0 Å². The maximum absolute atomic E-state index is 9.93. The van der Waals surface area contributed by atoms with Gasteiger partial charge in [-0.1, -0.05) is 6.92 Å². The largest absolute Gasteiger partial charge is 0.390 e. The molecule has 0 bridgehead atoms. The van der Waals surface area contributed by atoms with Gasteiger partial charge in [-0.3, -0.25) is 0 Å². The van der Waals surface area contributed by atoms with Gasteiger partial charge >= 0.3 is 0 Å². The third-order valence-corrected chi connectivity index (χ3v) is 5.00. The molecule has 3 nitrogen and oxygen atoms in total. The number of aliphatic hydroxyl groups is 1. The second-order valence-electron chi connectivity index (χ2n) is 7.21. The first-order chi connectivity index (χ1) is 7.79. The zero-order valence-electron chi connectivity index (χ0n) is 11.3. The van der Waals surface area contributed by atoms with Crippen LogP contribution in [0.3, 0.4) is 0 Å². The molecular formula is C14H24O3. The van der Waals surface area contributed by atoms with Crippen molar-refractivity contribution < 1.29 is 14.6 Å². The van der Waals surface area contributed by atoms with E-state index in [1.54, 1.807) is 0 Å². The molecule has 0 unspecified atom stereocenters. The lowest BCUT2D eigenvalue weighted by Crippen LogP contribution is -2.48. The van der Waals surface area contributed by atoms with Crippen molar-refractivity contribution in [2.45, 2.75) is 82.9 Å². The lowest BCUT2D eigenvalue weighted by molar-refractivity contribution is -0.118. The van der Waals surface area contributed by atoms with Crippen LogP contribution in [-0.4, -0.2) is 34.6 Å². The Morgan fingerprint density at radius 2 is 1.94 bits per heavy atom. The van der Waals surface area contributed by atoms with E-state index in [9.17, 15) is 5.11 Å². The standard InChI is InChI=1S/C14H24O3/c1-12(2,3)16-10-6-8-14-11(17-14)9(15)5-7-13(10,14)4/h9-11,15H,5-8H2,1-4H3/t9-,10+,11+,13-,14+/m1/s1. The molecule has 1 saturated heterocycles. The average molecular weight is 240 g/mol. The summed E-state index contributed by atoms with van der Waals surface area (Å²) in [6.45, 7) is 8.64. The quantitative estimate of drug-likeness (QED) is 0.715. The lowest BCUT2D eigenvalue weighted by Gasteiger charge is -2.41. The highest BCUT2D eigenvalue weighted by atomic mass is 16.6. The molecule has 0 radical (unpaired) electrons. The fourth-order valence-corrected chi connectivity index (χ4v) is 4.05. The Kier molecular flexibility index (Phi) is 2.28. The van der Waals surface area contributed by atoms with Crippen LogP contribution in [0.25, 0.3) is 0 Å². The van der Waals surface area contributed by atoms with Gasteiger partial charge in [0.05, 0.1) is 17.8 Å². The maximum Gasteiger partial charge on any atom is 0.114 e. The molecule has 17 heavy (non-hydrogen) atoms. The predicted octanol–water partition coefficient (Wildman–Crippen LogP) is 2.26. The Morgan fingerprint density at radius 1 is 1.24 bits per heavy atom. The lowest BCUT2D eigenvalue weighted by atomic mass is 9.67. The molecule has 2 aliphatic carbocycles. The summed E-state index contributed by atoms with van der Waals surface area (Å²) in [6.07, 6.45) is 4.09. The van der Waals surface area contributed by atoms with Crippen molar-refractivity contribution in [1.29, 1.82) is 0 Å². The van der Waals surface area contributed by atoms with E-state index >= 15 is 0 Å². The van der Waals surface area contributed by atoms with Crippen molar-refractivity contribution in [2.75, 3.05) is 0 Å². The number of epoxide rings is 1. The summed E-state index contributed by atoms with van der Waals surface area (Å²) < 4.78 is 12.2. The number of rotatable bonds is 1. The number of hydrogen-bond acceptors (Lipinski definition) is 3. The van der Waals surface area contributed by atoms with E-state index in [0.717, 1.165) is 25.7 Å². The molecule has 1 heterocycles. The zero-order valence-corrected chi connectivity index (χ0v) is 11.3. The highest BCUT2D eigenvalue weighted by Crippen LogP contribution is 2.67. The molecule has 5 atom stereocenters. The summed E-state index contributed by atoms with van der Waals surface area (Å²) in [5.74, 6) is 0. The summed E-state index contributed by atoms with van der Waals surface area (Å²) in [6, 6.07) is 0. The van der Waals surface area contributed by atoms with Crippen LogP contribution in [0.5, 0.6) is 0 Å². The third-order valence-electron chi connectivity index (χ3n) is 5.00. The van der Waals surface area contributed by atoms with E-state index in [4.69, 9.17) is 9.47 Å². The minimum Gasteiger partial charge on any atom is -0.390 e. The molecule has 98 valence electrons. The fraction of sp³-hybridized carbons (Fsp3) is 1.00. The smallest absolute Gasteiger partial charge is 0.114 e. The second kappa shape index (κ2) is 3.25. The fourth-order valence-electron chi connectivity index (χ4n) is 4.05. The molecule has 3 rings (SSSR count). The highest BCUT2D eigenvalue weighted by molar-refractivity contribution is 5.24. The predicted molar refractivity (Wildman–Crippen MR) is 64.8 cm³/mol. The molecule has 0 aromatic heterocycles. The van der Waals surface area contributed by atoms with E-state index in [-0.39, 0.29) is 34.9 Å². The normalized spacial score (nSPS) is 53.1. The first-order valence-corrected chi connectivity index (χ1v) is 6.82. The van der Waals surface area contributed by atoms with E-state index in [0.29, 0.717) is 0 Å². The van der Waals surface area contributed by atoms with E-state index in [2.05, 4.69) is 27.7 Å². The van der Waals surface area contributed by atoms with Crippen LogP contribution >= 0.6 is 0 Å². The van der Waals surface area contributed by atoms with Gasteiger partial charge in [-0.15, -0.1) is 0 Å². The van der Waals surface area contributed by atoms with Gasteiger partial charge in [0, 0.05) is 5.41 Å². The summed E-state index contributed by atoms with van der Waals surface area (Å²) in [5.41, 5.74) is -0.0651. The van der Waals surface area contributed by atoms with Crippen LogP contribution in [0.1, 0.15) is 53.4 Å². The molecule has 3 aliphatic rings. The van der Waals surface area contributed by atoms with Crippen molar-refractivity contribution in [2.24, 2.45) is 5.41 Å². The number of aliphatic hydroxyl groups excluding tert-OH is 1. The van der Waals surface area contributed by atoms with Crippen molar-refractivity contribution in [3.8, 4) is 0 Å². The van der Waals surface area contributed by atoms with Gasteiger partial charge in [-0.05, 0) is 46.5 Å². The van der Waals surface area contributed by atoms with Gasteiger partial charge in [0.2, 0.25) is 0 Å². The highest BCUT2D eigenvalue weighted by Gasteiger charge is 2.76. The van der Waals surface area contributed by atoms with E-state index in [1.807, 2.05) is 0 Å². The summed E-state index contributed by atoms with van der Waals surface area (Å²) in [5, 5.41) is 9.93. The molecule has 1 spiro atoms. The Hall–Kier alpha value is -0.120. The molecule has 3 heteroatoms. The van der Waals surface area contributed by atoms with E-state index in [1.165, 1.54) is 0 Å². The number of ether oxygens (including phenoxy) is 2.